The van der Waals surface area contributed by atoms with E-state index in [2.05, 4.69) is 10.1 Å². The molecule has 2 atom stereocenters. The quantitative estimate of drug-likeness (QED) is 0.651. The van der Waals surface area contributed by atoms with Crippen LogP contribution in [0.2, 0.25) is 0 Å². The van der Waals surface area contributed by atoms with E-state index in [1.165, 1.54) is 10.7 Å². The lowest BCUT2D eigenvalue weighted by atomic mass is 10.00. The molecule has 2 unspecified atom stereocenters. The average molecular weight is 377 g/mol. The molecule has 1 aromatic carbocycles. The van der Waals surface area contributed by atoms with Crippen molar-refractivity contribution in [1.82, 2.24) is 14.8 Å². The van der Waals surface area contributed by atoms with E-state index in [4.69, 9.17) is 0 Å². The van der Waals surface area contributed by atoms with Gasteiger partial charge in [-0.15, -0.1) is 0 Å². The molecule has 3 aromatic rings. The molecule has 142 valence electrons. The number of halogens is 1. The second-order valence-electron chi connectivity index (χ2n) is 7.33. The molecule has 0 spiro atoms. The van der Waals surface area contributed by atoms with Crippen molar-refractivity contribution >= 4 is 11.6 Å². The fourth-order valence-electron chi connectivity index (χ4n) is 3.66. The van der Waals surface area contributed by atoms with Gasteiger partial charge in [-0.2, -0.15) is 5.10 Å². The number of pyridine rings is 1. The molecular formula is C22H20FN3O2. The Morgan fingerprint density at radius 3 is 2.54 bits per heavy atom. The molecule has 2 aromatic heterocycles. The topological polar surface area (TPSA) is 64.8 Å². The number of carbonyl (C=O) groups excluding carboxylic acids is 2. The van der Waals surface area contributed by atoms with Crippen LogP contribution in [0.25, 0.3) is 11.3 Å². The molecule has 1 fully saturated rings. The second-order valence-corrected chi connectivity index (χ2v) is 7.33. The van der Waals surface area contributed by atoms with E-state index in [1.807, 2.05) is 44.2 Å². The summed E-state index contributed by atoms with van der Waals surface area (Å²) in [6.07, 6.45) is 1.60. The fraction of sp³-hybridized carbons (Fsp3) is 0.273. The van der Waals surface area contributed by atoms with Crippen LogP contribution in [0.3, 0.4) is 0 Å². The van der Waals surface area contributed by atoms with Crippen molar-refractivity contribution in [3.05, 3.63) is 71.4 Å². The maximum atomic E-state index is 13.0. The van der Waals surface area contributed by atoms with Gasteiger partial charge in [0.2, 0.25) is 0 Å². The summed E-state index contributed by atoms with van der Waals surface area (Å²) in [6.45, 7) is 3.86. The zero-order chi connectivity index (χ0) is 19.8. The summed E-state index contributed by atoms with van der Waals surface area (Å²) in [4.78, 5) is 29.6. The number of Topliss-reactive ketones (excluding diaryl/α,β-unsaturated/α-hetero) is 2. The molecule has 1 aliphatic rings. The van der Waals surface area contributed by atoms with Crippen LogP contribution in [0, 0.1) is 25.6 Å². The Labute approximate surface area is 162 Å². The molecule has 0 saturated heterocycles. The molecule has 28 heavy (non-hydrogen) atoms. The Balaban J connectivity index is 1.59. The summed E-state index contributed by atoms with van der Waals surface area (Å²) in [6, 6.07) is 11.8. The number of ketones is 2. The third-order valence-electron chi connectivity index (χ3n) is 5.18. The number of rotatable bonds is 4. The lowest BCUT2D eigenvalue weighted by Gasteiger charge is -2.11. The van der Waals surface area contributed by atoms with Gasteiger partial charge in [-0.25, -0.2) is 4.39 Å². The minimum atomic E-state index is -0.898. The highest BCUT2D eigenvalue weighted by atomic mass is 19.1. The van der Waals surface area contributed by atoms with Gasteiger partial charge in [0.25, 0.3) is 0 Å². The molecule has 0 N–H and O–H groups in total. The Hall–Kier alpha value is -3.15. The van der Waals surface area contributed by atoms with E-state index in [0.29, 0.717) is 12.1 Å². The summed E-state index contributed by atoms with van der Waals surface area (Å²) in [7, 11) is 0. The second kappa shape index (κ2) is 7.11. The maximum Gasteiger partial charge on any atom is 0.169 e. The summed E-state index contributed by atoms with van der Waals surface area (Å²) in [5.41, 5.74) is 4.20. The zero-order valence-corrected chi connectivity index (χ0v) is 15.7. The van der Waals surface area contributed by atoms with Crippen molar-refractivity contribution in [2.24, 2.45) is 5.92 Å². The first-order valence-electron chi connectivity index (χ1n) is 9.22. The predicted molar refractivity (Wildman–Crippen MR) is 102 cm³/mol. The maximum absolute atomic E-state index is 13.0. The molecule has 2 heterocycles. The molecule has 0 radical (unpaired) electrons. The van der Waals surface area contributed by atoms with Crippen molar-refractivity contribution in [2.75, 3.05) is 0 Å². The van der Waals surface area contributed by atoms with E-state index in [-0.39, 0.29) is 18.0 Å². The van der Waals surface area contributed by atoms with Crippen LogP contribution in [0.5, 0.6) is 0 Å². The SMILES string of the molecule is Cc1ccc(-c2cc(C)n(C3C(=O)CC(Cc4ccc(F)cn4)C3=O)n2)cc1. The zero-order valence-electron chi connectivity index (χ0n) is 15.7. The van der Waals surface area contributed by atoms with Crippen molar-refractivity contribution in [2.45, 2.75) is 32.7 Å². The largest absolute Gasteiger partial charge is 0.297 e. The summed E-state index contributed by atoms with van der Waals surface area (Å²) in [5, 5.41) is 4.56. The fourth-order valence-corrected chi connectivity index (χ4v) is 3.66. The van der Waals surface area contributed by atoms with Crippen molar-refractivity contribution in [3.8, 4) is 11.3 Å². The highest BCUT2D eigenvalue weighted by Gasteiger charge is 2.43. The number of hydrogen-bond donors (Lipinski definition) is 0. The molecule has 1 aliphatic carbocycles. The summed E-state index contributed by atoms with van der Waals surface area (Å²) < 4.78 is 14.6. The molecular weight excluding hydrogens is 357 g/mol. The summed E-state index contributed by atoms with van der Waals surface area (Å²) in [5.74, 6) is -1.18. The van der Waals surface area contributed by atoms with Gasteiger partial charge in [0.1, 0.15) is 5.82 Å². The van der Waals surface area contributed by atoms with E-state index in [9.17, 15) is 14.0 Å². The van der Waals surface area contributed by atoms with Gasteiger partial charge in [-0.05, 0) is 38.5 Å². The van der Waals surface area contributed by atoms with E-state index in [0.717, 1.165) is 28.7 Å². The first-order chi connectivity index (χ1) is 13.4. The molecule has 6 heteroatoms. The van der Waals surface area contributed by atoms with Crippen LogP contribution in [0.15, 0.2) is 48.7 Å². The lowest BCUT2D eigenvalue weighted by Crippen LogP contribution is -2.24. The van der Waals surface area contributed by atoms with E-state index >= 15 is 0 Å². The first kappa shape index (κ1) is 18.2. The van der Waals surface area contributed by atoms with Crippen LogP contribution >= 0.6 is 0 Å². The third kappa shape index (κ3) is 3.38. The van der Waals surface area contributed by atoms with Gasteiger partial charge < -0.3 is 0 Å². The lowest BCUT2D eigenvalue weighted by molar-refractivity contribution is -0.127. The van der Waals surface area contributed by atoms with Crippen molar-refractivity contribution in [3.63, 3.8) is 0 Å². The Bertz CT molecular complexity index is 1040. The van der Waals surface area contributed by atoms with E-state index < -0.39 is 17.8 Å². The minimum absolute atomic E-state index is 0.140. The molecule has 0 amide bonds. The van der Waals surface area contributed by atoms with Crippen LogP contribution in [-0.4, -0.2) is 26.3 Å². The van der Waals surface area contributed by atoms with Gasteiger partial charge in [0.05, 0.1) is 11.9 Å². The molecule has 0 bridgehead atoms. The Kier molecular flexibility index (Phi) is 4.63. The number of aryl methyl sites for hydroxylation is 2. The standard InChI is InChI=1S/C22H20FN3O2/c1-13-3-5-15(6-4-13)19-9-14(2)26(25-19)21-20(27)11-16(22(21)28)10-18-8-7-17(23)12-24-18/h3-9,12,16,21H,10-11H2,1-2H3. The highest BCUT2D eigenvalue weighted by molar-refractivity contribution is 6.12. The number of nitrogens with zero attached hydrogens (tertiary/aromatic N) is 3. The normalized spacial score (nSPS) is 19.4. The minimum Gasteiger partial charge on any atom is -0.297 e. The summed E-state index contributed by atoms with van der Waals surface area (Å²) >= 11 is 0. The van der Waals surface area contributed by atoms with Gasteiger partial charge >= 0.3 is 0 Å². The first-order valence-corrected chi connectivity index (χ1v) is 9.22. The third-order valence-corrected chi connectivity index (χ3v) is 5.18. The van der Waals surface area contributed by atoms with Gasteiger partial charge in [0, 0.05) is 29.3 Å². The van der Waals surface area contributed by atoms with Gasteiger partial charge in [-0.1, -0.05) is 29.8 Å². The van der Waals surface area contributed by atoms with E-state index in [1.54, 1.807) is 6.07 Å². The predicted octanol–water partition coefficient (Wildman–Crippen LogP) is 3.64. The van der Waals surface area contributed by atoms with Crippen LogP contribution in [-0.2, 0) is 16.0 Å². The molecule has 4 rings (SSSR count). The highest BCUT2D eigenvalue weighted by Crippen LogP contribution is 2.32. The number of hydrogen-bond acceptors (Lipinski definition) is 4. The van der Waals surface area contributed by atoms with Crippen LogP contribution < -0.4 is 0 Å². The number of carbonyl (C=O) groups is 2. The van der Waals surface area contributed by atoms with Gasteiger partial charge in [0.15, 0.2) is 17.6 Å². The van der Waals surface area contributed by atoms with Gasteiger partial charge in [-0.3, -0.25) is 19.3 Å². The monoisotopic (exact) mass is 377 g/mol. The molecule has 1 saturated carbocycles. The number of benzene rings is 1. The smallest absolute Gasteiger partial charge is 0.169 e. The average Bonchev–Trinajstić information content (AvgIpc) is 3.17. The van der Waals surface area contributed by atoms with Crippen LogP contribution in [0.4, 0.5) is 4.39 Å². The number of aromatic nitrogens is 3. The van der Waals surface area contributed by atoms with Crippen molar-refractivity contribution in [1.29, 1.82) is 0 Å². The molecule has 0 aliphatic heterocycles. The molecule has 5 nitrogen and oxygen atoms in total. The Morgan fingerprint density at radius 2 is 1.86 bits per heavy atom. The Morgan fingerprint density at radius 1 is 1.11 bits per heavy atom. The van der Waals surface area contributed by atoms with Crippen LogP contribution in [0.1, 0.15) is 29.4 Å². The van der Waals surface area contributed by atoms with Crippen molar-refractivity contribution < 1.29 is 14.0 Å².